The fraction of sp³-hybridized carbons (Fsp3) is 0.356. The van der Waals surface area contributed by atoms with Crippen molar-refractivity contribution in [3.05, 3.63) is 102 Å². The van der Waals surface area contributed by atoms with Crippen molar-refractivity contribution < 1.29 is 18.8 Å². The minimum absolute atomic E-state index is 0.0105. The highest BCUT2D eigenvalue weighted by Crippen LogP contribution is 2.43. The van der Waals surface area contributed by atoms with Gasteiger partial charge in [-0.3, -0.25) is 19.1 Å². The number of carbonyl (C=O) groups excluding carboxylic acids is 3. The van der Waals surface area contributed by atoms with Crippen LogP contribution in [-0.2, 0) is 30.6 Å². The Morgan fingerprint density at radius 1 is 0.621 bits per heavy atom. The van der Waals surface area contributed by atoms with Gasteiger partial charge in [-0.15, -0.1) is 10.2 Å². The second-order valence-electron chi connectivity index (χ2n) is 17.5. The van der Waals surface area contributed by atoms with Gasteiger partial charge in [-0.1, -0.05) is 30.3 Å². The largest absolute Gasteiger partial charge is 0.421 e. The summed E-state index contributed by atoms with van der Waals surface area (Å²) in [6, 6.07) is 19.2. The number of aromatic nitrogens is 6. The van der Waals surface area contributed by atoms with Crippen LogP contribution in [0, 0.1) is 6.92 Å². The molecule has 13 heteroatoms. The Labute approximate surface area is 336 Å². The average molecular weight is 778 g/mol. The minimum Gasteiger partial charge on any atom is -0.421 e. The van der Waals surface area contributed by atoms with Gasteiger partial charge in [0, 0.05) is 59.1 Å². The molecule has 0 unspecified atom stereocenters. The van der Waals surface area contributed by atoms with Crippen LogP contribution in [0.25, 0.3) is 33.8 Å². The van der Waals surface area contributed by atoms with Crippen LogP contribution in [0.5, 0.6) is 0 Å². The maximum Gasteiger partial charge on any atom is 0.247 e. The third-order valence-corrected chi connectivity index (χ3v) is 12.0. The van der Waals surface area contributed by atoms with Gasteiger partial charge in [0.15, 0.2) is 0 Å². The van der Waals surface area contributed by atoms with Crippen LogP contribution in [0.3, 0.4) is 0 Å². The zero-order chi connectivity index (χ0) is 40.7. The number of benzene rings is 3. The molecule has 2 fully saturated rings. The molecule has 3 N–H and O–H groups in total. The molecule has 5 aliphatic rings. The van der Waals surface area contributed by atoms with Gasteiger partial charge in [0.2, 0.25) is 29.5 Å². The van der Waals surface area contributed by atoms with E-state index in [1.165, 1.54) is 25.7 Å². The van der Waals surface area contributed by atoms with E-state index in [-0.39, 0.29) is 17.7 Å². The molecule has 2 aliphatic carbocycles. The first-order valence-electron chi connectivity index (χ1n) is 19.9. The van der Waals surface area contributed by atoms with Crippen molar-refractivity contribution in [2.24, 2.45) is 0 Å². The van der Waals surface area contributed by atoms with E-state index < -0.39 is 16.2 Å². The zero-order valence-corrected chi connectivity index (χ0v) is 33.8. The number of anilines is 3. The van der Waals surface area contributed by atoms with Crippen LogP contribution in [0.2, 0.25) is 0 Å². The van der Waals surface area contributed by atoms with E-state index in [9.17, 15) is 14.4 Å². The number of hydrogen-bond acceptors (Lipinski definition) is 8. The van der Waals surface area contributed by atoms with Crippen molar-refractivity contribution in [3.8, 4) is 33.8 Å². The fourth-order valence-electron chi connectivity index (χ4n) is 7.75. The Kier molecular flexibility index (Phi) is 8.57. The normalized spacial score (nSPS) is 18.8. The van der Waals surface area contributed by atoms with Crippen LogP contribution in [-0.4, -0.2) is 47.3 Å². The standard InChI is InChI=1S/2C16H17N3O.C13H13N3O2/c1-16(2)13-6-3-10(7-14(13)18-15(16)20)11-8-17-19(9-11)12-4-5-12;1-16(2)12-6-3-10(7-13(12)18-15(16)20)14-8-19(9-17-14)11-4-5-11;1-7-15-16-11(18-7)8-4-5-9-10(6-8)14-12(17)13(9,2)3/h3,6-9,12H,4-5H2,1-2H3,(H,18,20);3,6-9,11H,4-5H2,1-2H3,(H,18,20);4-6H,1-3H3,(H,14,17). The molecular weight excluding hydrogens is 731 g/mol. The van der Waals surface area contributed by atoms with Crippen molar-refractivity contribution in [2.75, 3.05) is 16.0 Å². The molecule has 3 amide bonds. The van der Waals surface area contributed by atoms with Gasteiger partial charge in [0.05, 0.1) is 40.5 Å². The lowest BCUT2D eigenvalue weighted by Gasteiger charge is -2.14. The monoisotopic (exact) mass is 777 g/mol. The number of carbonyl (C=O) groups is 3. The van der Waals surface area contributed by atoms with Gasteiger partial charge in [0.1, 0.15) is 0 Å². The first kappa shape index (κ1) is 37.2. The molecule has 0 atom stereocenters. The Hall–Kier alpha value is -6.37. The van der Waals surface area contributed by atoms with E-state index >= 15 is 0 Å². The summed E-state index contributed by atoms with van der Waals surface area (Å²) < 4.78 is 9.61. The van der Waals surface area contributed by atoms with Gasteiger partial charge < -0.3 is 24.9 Å². The lowest BCUT2D eigenvalue weighted by atomic mass is 9.85. The summed E-state index contributed by atoms with van der Waals surface area (Å²) in [5.74, 6) is 1.13. The van der Waals surface area contributed by atoms with E-state index in [1.54, 1.807) is 6.92 Å². The molecule has 3 aliphatic heterocycles. The molecule has 2 saturated carbocycles. The number of imidazole rings is 1. The second-order valence-corrected chi connectivity index (χ2v) is 17.5. The molecule has 6 heterocycles. The molecular formula is C45H47N9O4. The van der Waals surface area contributed by atoms with Crippen LogP contribution in [0.1, 0.15) is 102 Å². The summed E-state index contributed by atoms with van der Waals surface area (Å²) in [7, 11) is 0. The van der Waals surface area contributed by atoms with E-state index in [1.807, 2.05) is 89.1 Å². The summed E-state index contributed by atoms with van der Waals surface area (Å²) in [5, 5.41) is 21.0. The fourth-order valence-corrected chi connectivity index (χ4v) is 7.75. The number of nitrogens with zero attached hydrogens (tertiary/aromatic N) is 6. The summed E-state index contributed by atoms with van der Waals surface area (Å²) in [4.78, 5) is 40.3. The topological polar surface area (TPSA) is 162 Å². The smallest absolute Gasteiger partial charge is 0.247 e. The molecule has 296 valence electrons. The summed E-state index contributed by atoms with van der Waals surface area (Å²) in [5.41, 5.74) is 9.47. The van der Waals surface area contributed by atoms with Crippen molar-refractivity contribution in [1.82, 2.24) is 29.5 Å². The molecule has 11 rings (SSSR count). The highest BCUT2D eigenvalue weighted by molar-refractivity contribution is 6.07. The predicted octanol–water partition coefficient (Wildman–Crippen LogP) is 8.50. The number of amides is 3. The van der Waals surface area contributed by atoms with E-state index in [0.29, 0.717) is 23.9 Å². The number of fused-ring (bicyclic) bond motifs is 3. The Balaban J connectivity index is 0.000000113. The van der Waals surface area contributed by atoms with Crippen molar-refractivity contribution >= 4 is 34.8 Å². The van der Waals surface area contributed by atoms with Crippen molar-refractivity contribution in [2.45, 2.75) is 102 Å². The molecule has 6 aromatic rings. The van der Waals surface area contributed by atoms with Crippen molar-refractivity contribution in [1.29, 1.82) is 0 Å². The van der Waals surface area contributed by atoms with Crippen LogP contribution in [0.15, 0.2) is 83.9 Å². The Morgan fingerprint density at radius 2 is 1.12 bits per heavy atom. The van der Waals surface area contributed by atoms with Crippen LogP contribution < -0.4 is 16.0 Å². The van der Waals surface area contributed by atoms with Crippen LogP contribution in [0.4, 0.5) is 17.1 Å². The lowest BCUT2D eigenvalue weighted by molar-refractivity contribution is -0.120. The molecule has 58 heavy (non-hydrogen) atoms. The maximum atomic E-state index is 12.0. The first-order chi connectivity index (χ1) is 27.6. The molecule has 3 aromatic carbocycles. The minimum atomic E-state index is -0.487. The Morgan fingerprint density at radius 3 is 1.64 bits per heavy atom. The molecule has 3 aromatic heterocycles. The maximum absolute atomic E-state index is 12.0. The molecule has 0 spiro atoms. The number of nitrogens with one attached hydrogen (secondary N) is 3. The summed E-state index contributed by atoms with van der Waals surface area (Å²) >= 11 is 0. The number of hydrogen-bond donors (Lipinski definition) is 3. The first-order valence-corrected chi connectivity index (χ1v) is 19.9. The number of aryl methyl sites for hydroxylation is 1. The van der Waals surface area contributed by atoms with Gasteiger partial charge >= 0.3 is 0 Å². The highest BCUT2D eigenvalue weighted by Gasteiger charge is 2.40. The predicted molar refractivity (Wildman–Crippen MR) is 221 cm³/mol. The summed E-state index contributed by atoms with van der Waals surface area (Å²) in [6.45, 7) is 13.4. The molecule has 0 saturated heterocycles. The quantitative estimate of drug-likeness (QED) is 0.157. The van der Waals surface area contributed by atoms with Gasteiger partial charge in [-0.05, 0) is 114 Å². The average Bonchev–Trinajstić information content (AvgIpc) is 3.97. The zero-order valence-electron chi connectivity index (χ0n) is 33.8. The number of rotatable bonds is 5. The van der Waals surface area contributed by atoms with Crippen molar-refractivity contribution in [3.63, 3.8) is 0 Å². The van der Waals surface area contributed by atoms with Gasteiger partial charge in [0.25, 0.3) is 0 Å². The summed E-state index contributed by atoms with van der Waals surface area (Å²) in [6.07, 6.45) is 13.0. The lowest BCUT2D eigenvalue weighted by Crippen LogP contribution is -2.26. The van der Waals surface area contributed by atoms with E-state index in [4.69, 9.17) is 4.42 Å². The third-order valence-electron chi connectivity index (χ3n) is 12.0. The highest BCUT2D eigenvalue weighted by atomic mass is 16.4. The second kappa shape index (κ2) is 13.4. The molecule has 0 bridgehead atoms. The van der Waals surface area contributed by atoms with E-state index in [0.717, 1.165) is 61.7 Å². The van der Waals surface area contributed by atoms with Gasteiger partial charge in [-0.25, -0.2) is 4.98 Å². The molecule has 13 nitrogen and oxygen atoms in total. The molecule has 0 radical (unpaired) electrons. The van der Waals surface area contributed by atoms with Crippen LogP contribution >= 0.6 is 0 Å². The van der Waals surface area contributed by atoms with E-state index in [2.05, 4.69) is 77.5 Å². The Bertz CT molecular complexity index is 2510. The third kappa shape index (κ3) is 6.57. The van der Waals surface area contributed by atoms with Gasteiger partial charge in [-0.2, -0.15) is 5.10 Å². The SMILES string of the molecule is CC1(C)C(=O)Nc2cc(-c3cn(C4CC4)cn3)ccc21.CC1(C)C(=O)Nc2cc(-c3cnn(C4CC4)c3)ccc21.Cc1nnc(-c2ccc3c(c2)NC(=O)C3(C)C)o1.